The van der Waals surface area contributed by atoms with E-state index in [4.69, 9.17) is 9.15 Å². The van der Waals surface area contributed by atoms with Crippen molar-refractivity contribution in [3.8, 4) is 0 Å². The first-order valence-electron chi connectivity index (χ1n) is 9.80. The first kappa shape index (κ1) is 20.8. The van der Waals surface area contributed by atoms with E-state index in [0.29, 0.717) is 35.2 Å². The fraction of sp³-hybridized carbons (Fsp3) is 0.381. The SMILES string of the molecule is Cc1occc1C(=O)Nc1nc(CC(=O)N(Cc2cccs2)CC2CCCO2)cs1. The van der Waals surface area contributed by atoms with E-state index in [9.17, 15) is 9.59 Å². The van der Waals surface area contributed by atoms with Crippen molar-refractivity contribution in [2.24, 2.45) is 0 Å². The fourth-order valence-corrected chi connectivity index (χ4v) is 4.80. The Labute approximate surface area is 182 Å². The number of rotatable bonds is 8. The average Bonchev–Trinajstić information content (AvgIpc) is 3.50. The van der Waals surface area contributed by atoms with Crippen LogP contribution in [0.15, 0.2) is 39.6 Å². The molecule has 7 nitrogen and oxygen atoms in total. The van der Waals surface area contributed by atoms with Crippen molar-refractivity contribution < 1.29 is 18.7 Å². The maximum atomic E-state index is 13.0. The lowest BCUT2D eigenvalue weighted by Gasteiger charge is -2.25. The monoisotopic (exact) mass is 445 g/mol. The van der Waals surface area contributed by atoms with Crippen LogP contribution in [0.1, 0.15) is 39.5 Å². The zero-order valence-electron chi connectivity index (χ0n) is 16.6. The van der Waals surface area contributed by atoms with Gasteiger partial charge in [0.25, 0.3) is 5.91 Å². The molecular formula is C21H23N3O4S2. The molecule has 0 aromatic carbocycles. The number of nitrogens with one attached hydrogen (secondary N) is 1. The molecule has 2 amide bonds. The zero-order valence-corrected chi connectivity index (χ0v) is 18.3. The molecule has 1 atom stereocenters. The van der Waals surface area contributed by atoms with E-state index in [2.05, 4.69) is 10.3 Å². The average molecular weight is 446 g/mol. The number of anilines is 1. The summed E-state index contributed by atoms with van der Waals surface area (Å²) >= 11 is 2.95. The normalized spacial score (nSPS) is 16.0. The van der Waals surface area contributed by atoms with Crippen molar-refractivity contribution in [2.45, 2.75) is 38.8 Å². The molecule has 1 aliphatic heterocycles. The number of furan rings is 1. The standard InChI is InChI=1S/C21H23N3O4S2/c1-14-18(6-8-27-14)20(26)23-21-22-15(13-30-21)10-19(25)24(11-16-4-2-7-28-16)12-17-5-3-9-29-17/h3,5-6,8-9,13,16H,2,4,7,10-12H2,1H3,(H,22,23,26). The molecule has 1 unspecified atom stereocenters. The van der Waals surface area contributed by atoms with Crippen molar-refractivity contribution in [3.05, 3.63) is 57.1 Å². The molecule has 0 radical (unpaired) electrons. The number of amides is 2. The zero-order chi connectivity index (χ0) is 20.9. The van der Waals surface area contributed by atoms with E-state index < -0.39 is 0 Å². The lowest BCUT2D eigenvalue weighted by atomic mass is 10.2. The van der Waals surface area contributed by atoms with Gasteiger partial charge in [-0.3, -0.25) is 14.9 Å². The predicted molar refractivity (Wildman–Crippen MR) is 116 cm³/mol. The Balaban J connectivity index is 1.39. The predicted octanol–water partition coefficient (Wildman–Crippen LogP) is 4.11. The lowest BCUT2D eigenvalue weighted by Crippen LogP contribution is -2.37. The van der Waals surface area contributed by atoms with E-state index in [1.54, 1.807) is 24.3 Å². The topological polar surface area (TPSA) is 84.7 Å². The Morgan fingerprint density at radius 2 is 2.23 bits per heavy atom. The van der Waals surface area contributed by atoms with Gasteiger partial charge in [-0.2, -0.15) is 0 Å². The first-order chi connectivity index (χ1) is 14.6. The molecule has 0 aliphatic carbocycles. The maximum absolute atomic E-state index is 13.0. The Morgan fingerprint density at radius 1 is 1.33 bits per heavy atom. The van der Waals surface area contributed by atoms with Gasteiger partial charge >= 0.3 is 0 Å². The smallest absolute Gasteiger partial charge is 0.260 e. The van der Waals surface area contributed by atoms with Gasteiger partial charge < -0.3 is 14.1 Å². The number of hydrogen-bond acceptors (Lipinski definition) is 7. The van der Waals surface area contributed by atoms with Gasteiger partial charge in [0.05, 0.1) is 36.6 Å². The lowest BCUT2D eigenvalue weighted by molar-refractivity contribution is -0.132. The van der Waals surface area contributed by atoms with Crippen molar-refractivity contribution in [3.63, 3.8) is 0 Å². The number of carbonyl (C=O) groups is 2. The van der Waals surface area contributed by atoms with Crippen LogP contribution in [0.2, 0.25) is 0 Å². The van der Waals surface area contributed by atoms with Gasteiger partial charge in [-0.1, -0.05) is 6.07 Å². The largest absolute Gasteiger partial charge is 0.469 e. The summed E-state index contributed by atoms with van der Waals surface area (Å²) in [5.41, 5.74) is 1.12. The second kappa shape index (κ2) is 9.55. The quantitative estimate of drug-likeness (QED) is 0.564. The third-order valence-electron chi connectivity index (χ3n) is 4.94. The third-order valence-corrected chi connectivity index (χ3v) is 6.60. The minimum Gasteiger partial charge on any atom is -0.469 e. The molecule has 4 heterocycles. The first-order valence-corrected chi connectivity index (χ1v) is 11.6. The van der Waals surface area contributed by atoms with Gasteiger partial charge in [0.2, 0.25) is 5.91 Å². The summed E-state index contributed by atoms with van der Waals surface area (Å²) in [7, 11) is 0. The molecule has 158 valence electrons. The number of carbonyl (C=O) groups excluding carboxylic acids is 2. The number of hydrogen-bond donors (Lipinski definition) is 1. The number of aryl methyl sites for hydroxylation is 1. The van der Waals surface area contributed by atoms with Crippen LogP contribution in [0.25, 0.3) is 0 Å². The Bertz CT molecular complexity index is 990. The Morgan fingerprint density at radius 3 is 2.93 bits per heavy atom. The van der Waals surface area contributed by atoms with E-state index in [-0.39, 0.29) is 24.3 Å². The van der Waals surface area contributed by atoms with E-state index >= 15 is 0 Å². The highest BCUT2D eigenvalue weighted by Crippen LogP contribution is 2.21. The van der Waals surface area contributed by atoms with Gasteiger partial charge in [-0.25, -0.2) is 4.98 Å². The van der Waals surface area contributed by atoms with Crippen LogP contribution in [0.5, 0.6) is 0 Å². The van der Waals surface area contributed by atoms with E-state index in [0.717, 1.165) is 24.3 Å². The van der Waals surface area contributed by atoms with Crippen molar-refractivity contribution in [1.82, 2.24) is 9.88 Å². The van der Waals surface area contributed by atoms with Gasteiger partial charge in [0.1, 0.15) is 5.76 Å². The highest BCUT2D eigenvalue weighted by molar-refractivity contribution is 7.14. The molecule has 9 heteroatoms. The van der Waals surface area contributed by atoms with Crippen LogP contribution < -0.4 is 5.32 Å². The molecule has 3 aromatic heterocycles. The Hall–Kier alpha value is -2.49. The van der Waals surface area contributed by atoms with Crippen molar-refractivity contribution in [1.29, 1.82) is 0 Å². The third kappa shape index (κ3) is 5.16. The highest BCUT2D eigenvalue weighted by atomic mass is 32.1. The van der Waals surface area contributed by atoms with Crippen LogP contribution in [0.4, 0.5) is 5.13 Å². The van der Waals surface area contributed by atoms with Gasteiger partial charge in [0, 0.05) is 23.4 Å². The second-order valence-corrected chi connectivity index (χ2v) is 9.04. The molecular weight excluding hydrogens is 422 g/mol. The summed E-state index contributed by atoms with van der Waals surface area (Å²) in [5, 5.41) is 7.06. The molecule has 0 spiro atoms. The van der Waals surface area contributed by atoms with Gasteiger partial charge in [0.15, 0.2) is 5.13 Å². The molecule has 1 N–H and O–H groups in total. The van der Waals surface area contributed by atoms with Gasteiger partial charge in [-0.15, -0.1) is 22.7 Å². The molecule has 1 aliphatic rings. The van der Waals surface area contributed by atoms with E-state index in [1.807, 2.05) is 27.8 Å². The molecule has 1 fully saturated rings. The van der Waals surface area contributed by atoms with Crippen molar-refractivity contribution >= 4 is 39.6 Å². The number of ether oxygens (including phenoxy) is 1. The highest BCUT2D eigenvalue weighted by Gasteiger charge is 2.24. The summed E-state index contributed by atoms with van der Waals surface area (Å²) in [6, 6.07) is 5.65. The molecule has 0 bridgehead atoms. The second-order valence-electron chi connectivity index (χ2n) is 7.15. The number of thiophene rings is 1. The van der Waals surface area contributed by atoms with Crippen LogP contribution in [-0.2, 0) is 22.5 Å². The van der Waals surface area contributed by atoms with Crippen LogP contribution >= 0.6 is 22.7 Å². The van der Waals surface area contributed by atoms with Gasteiger partial charge in [-0.05, 0) is 37.3 Å². The summed E-state index contributed by atoms with van der Waals surface area (Å²) in [5.74, 6) is 0.289. The summed E-state index contributed by atoms with van der Waals surface area (Å²) in [6.07, 6.45) is 3.78. The molecule has 1 saturated heterocycles. The van der Waals surface area contributed by atoms with Crippen LogP contribution in [0, 0.1) is 6.92 Å². The molecule has 3 aromatic rings. The summed E-state index contributed by atoms with van der Waals surface area (Å²) < 4.78 is 10.9. The summed E-state index contributed by atoms with van der Waals surface area (Å²) in [6.45, 7) is 3.65. The van der Waals surface area contributed by atoms with Crippen LogP contribution in [0.3, 0.4) is 0 Å². The minimum atomic E-state index is -0.272. The van der Waals surface area contributed by atoms with Crippen LogP contribution in [-0.4, -0.2) is 41.0 Å². The number of aromatic nitrogens is 1. The minimum absolute atomic E-state index is 0.00718. The number of thiazole rings is 1. The molecule has 30 heavy (non-hydrogen) atoms. The molecule has 0 saturated carbocycles. The molecule has 4 rings (SSSR count). The number of nitrogens with zero attached hydrogens (tertiary/aromatic N) is 2. The fourth-order valence-electron chi connectivity index (χ4n) is 3.38. The van der Waals surface area contributed by atoms with E-state index in [1.165, 1.54) is 17.6 Å². The Kier molecular flexibility index (Phi) is 6.61. The maximum Gasteiger partial charge on any atom is 0.260 e. The van der Waals surface area contributed by atoms with Crippen molar-refractivity contribution in [2.75, 3.05) is 18.5 Å². The summed E-state index contributed by atoms with van der Waals surface area (Å²) in [4.78, 5) is 32.8.